The number of nitro benzene ring substituents is 1. The maximum absolute atomic E-state index is 13.7. The van der Waals surface area contributed by atoms with Crippen molar-refractivity contribution in [3.63, 3.8) is 0 Å². The molecule has 0 bridgehead atoms. The molecule has 2 atom stereocenters. The summed E-state index contributed by atoms with van der Waals surface area (Å²) in [7, 11) is 0. The predicted molar refractivity (Wildman–Crippen MR) is 64.6 cm³/mol. The molecule has 2 unspecified atom stereocenters. The first kappa shape index (κ1) is 13.6. The van der Waals surface area contributed by atoms with Crippen LogP contribution >= 0.6 is 0 Å². The van der Waals surface area contributed by atoms with Crippen LogP contribution in [0.5, 0.6) is 0 Å². The van der Waals surface area contributed by atoms with Crippen LogP contribution in [-0.2, 0) is 0 Å². The fraction of sp³-hybridized carbons (Fsp3) is 0.500. The maximum atomic E-state index is 13.7. The Morgan fingerprint density at radius 1 is 1.47 bits per heavy atom. The smallest absolute Gasteiger partial charge is 0.272 e. The summed E-state index contributed by atoms with van der Waals surface area (Å²) < 4.78 is 13.7. The van der Waals surface area contributed by atoms with Crippen LogP contribution in [0.25, 0.3) is 0 Å². The zero-order valence-corrected chi connectivity index (χ0v) is 10.2. The highest BCUT2D eigenvalue weighted by molar-refractivity contribution is 5.36. The lowest BCUT2D eigenvalue weighted by atomic mass is 9.93. The second-order valence-electron chi connectivity index (χ2n) is 4.10. The van der Waals surface area contributed by atoms with E-state index in [4.69, 9.17) is 0 Å². The van der Waals surface area contributed by atoms with Crippen LogP contribution in [-0.4, -0.2) is 17.5 Å². The molecule has 0 spiro atoms. The first-order valence-electron chi connectivity index (χ1n) is 5.64. The predicted octanol–water partition coefficient (Wildman–Crippen LogP) is 2.84. The van der Waals surface area contributed by atoms with E-state index in [-0.39, 0.29) is 17.6 Å². The van der Waals surface area contributed by atoms with Gasteiger partial charge in [-0.1, -0.05) is 13.8 Å². The molecule has 0 saturated carbocycles. The normalized spacial score (nSPS) is 14.4. The Bertz CT molecular complexity index is 409. The monoisotopic (exact) mass is 240 g/mol. The fourth-order valence-corrected chi connectivity index (χ4v) is 1.77. The molecule has 0 saturated heterocycles. The van der Waals surface area contributed by atoms with E-state index in [2.05, 4.69) is 5.32 Å². The molecule has 94 valence electrons. The van der Waals surface area contributed by atoms with Gasteiger partial charge in [-0.2, -0.15) is 0 Å². The van der Waals surface area contributed by atoms with Crippen molar-refractivity contribution in [2.75, 3.05) is 6.54 Å². The van der Waals surface area contributed by atoms with Crippen molar-refractivity contribution < 1.29 is 9.31 Å². The second kappa shape index (κ2) is 5.72. The van der Waals surface area contributed by atoms with Gasteiger partial charge in [0.2, 0.25) is 0 Å². The standard InChI is InChI=1S/C12H17FN2O2/c1-4-14-9(3)8(2)11-6-5-10(15(16)17)7-12(11)13/h5-9,14H,4H2,1-3H3. The first-order valence-corrected chi connectivity index (χ1v) is 5.64. The molecule has 1 aromatic rings. The van der Waals surface area contributed by atoms with Gasteiger partial charge in [-0.25, -0.2) is 4.39 Å². The number of rotatable bonds is 5. The van der Waals surface area contributed by atoms with Gasteiger partial charge < -0.3 is 5.32 Å². The van der Waals surface area contributed by atoms with E-state index in [0.717, 1.165) is 12.6 Å². The van der Waals surface area contributed by atoms with Gasteiger partial charge in [-0.15, -0.1) is 0 Å². The minimum Gasteiger partial charge on any atom is -0.314 e. The molecule has 0 amide bonds. The first-order chi connectivity index (χ1) is 7.97. The highest BCUT2D eigenvalue weighted by Gasteiger charge is 2.19. The van der Waals surface area contributed by atoms with Gasteiger partial charge in [0.1, 0.15) is 5.82 Å². The number of nitrogens with zero attached hydrogens (tertiary/aromatic N) is 1. The molecule has 17 heavy (non-hydrogen) atoms. The third kappa shape index (κ3) is 3.23. The Morgan fingerprint density at radius 2 is 2.12 bits per heavy atom. The number of benzene rings is 1. The van der Waals surface area contributed by atoms with Gasteiger partial charge in [0.05, 0.1) is 11.0 Å². The van der Waals surface area contributed by atoms with E-state index >= 15 is 0 Å². The molecule has 0 radical (unpaired) electrons. The Kier molecular flexibility index (Phi) is 4.57. The van der Waals surface area contributed by atoms with Gasteiger partial charge in [0, 0.05) is 12.1 Å². The topological polar surface area (TPSA) is 55.2 Å². The molecule has 0 heterocycles. The number of nitro groups is 1. The number of hydrogen-bond donors (Lipinski definition) is 1. The quantitative estimate of drug-likeness (QED) is 0.636. The van der Waals surface area contributed by atoms with E-state index in [9.17, 15) is 14.5 Å². The zero-order valence-electron chi connectivity index (χ0n) is 10.2. The van der Waals surface area contributed by atoms with Crippen molar-refractivity contribution in [2.24, 2.45) is 0 Å². The summed E-state index contributed by atoms with van der Waals surface area (Å²) in [6.07, 6.45) is 0. The number of hydrogen-bond acceptors (Lipinski definition) is 3. The average molecular weight is 240 g/mol. The number of likely N-dealkylation sites (N-methyl/N-ethyl adjacent to an activating group) is 1. The SMILES string of the molecule is CCNC(C)C(C)c1ccc([N+](=O)[O-])cc1F. The van der Waals surface area contributed by atoms with Gasteiger partial charge in [-0.05, 0) is 31.0 Å². The summed E-state index contributed by atoms with van der Waals surface area (Å²) in [4.78, 5) is 9.91. The highest BCUT2D eigenvalue weighted by atomic mass is 19.1. The van der Waals surface area contributed by atoms with Gasteiger partial charge in [-0.3, -0.25) is 10.1 Å². The lowest BCUT2D eigenvalue weighted by Gasteiger charge is -2.21. The number of halogens is 1. The number of nitrogens with one attached hydrogen (secondary N) is 1. The average Bonchev–Trinajstić information content (AvgIpc) is 2.28. The lowest BCUT2D eigenvalue weighted by Crippen LogP contribution is -2.31. The molecule has 1 N–H and O–H groups in total. The van der Waals surface area contributed by atoms with Crippen LogP contribution < -0.4 is 5.32 Å². The van der Waals surface area contributed by atoms with E-state index < -0.39 is 10.7 Å². The van der Waals surface area contributed by atoms with Crippen molar-refractivity contribution in [3.05, 3.63) is 39.7 Å². The summed E-state index contributed by atoms with van der Waals surface area (Å²) in [6.45, 7) is 6.65. The largest absolute Gasteiger partial charge is 0.314 e. The molecule has 5 heteroatoms. The van der Waals surface area contributed by atoms with Crippen molar-refractivity contribution in [3.8, 4) is 0 Å². The Hall–Kier alpha value is -1.49. The molecular formula is C12H17FN2O2. The van der Waals surface area contributed by atoms with Crippen molar-refractivity contribution in [1.29, 1.82) is 0 Å². The van der Waals surface area contributed by atoms with Gasteiger partial charge in [0.15, 0.2) is 0 Å². The molecule has 0 aliphatic carbocycles. The van der Waals surface area contributed by atoms with Crippen LogP contribution in [0.1, 0.15) is 32.3 Å². The molecule has 1 aromatic carbocycles. The van der Waals surface area contributed by atoms with Crippen molar-refractivity contribution in [2.45, 2.75) is 32.7 Å². The molecule has 0 aliphatic heterocycles. The van der Waals surface area contributed by atoms with Crippen LogP contribution in [0.2, 0.25) is 0 Å². The Balaban J connectivity index is 2.95. The van der Waals surface area contributed by atoms with Crippen LogP contribution in [0.4, 0.5) is 10.1 Å². The molecule has 0 fully saturated rings. The Labute approximate surface area is 100.0 Å². The Morgan fingerprint density at radius 3 is 2.59 bits per heavy atom. The number of non-ortho nitro benzene ring substituents is 1. The highest BCUT2D eigenvalue weighted by Crippen LogP contribution is 2.25. The summed E-state index contributed by atoms with van der Waals surface area (Å²) in [5.41, 5.74) is 0.290. The van der Waals surface area contributed by atoms with Crippen LogP contribution in [0.15, 0.2) is 18.2 Å². The van der Waals surface area contributed by atoms with Crippen LogP contribution in [0.3, 0.4) is 0 Å². The van der Waals surface area contributed by atoms with Gasteiger partial charge >= 0.3 is 0 Å². The van der Waals surface area contributed by atoms with E-state index in [0.29, 0.717) is 5.56 Å². The molecule has 4 nitrogen and oxygen atoms in total. The molecule has 0 aliphatic rings. The van der Waals surface area contributed by atoms with E-state index in [1.165, 1.54) is 12.1 Å². The lowest BCUT2D eigenvalue weighted by molar-refractivity contribution is -0.385. The van der Waals surface area contributed by atoms with E-state index in [1.807, 2.05) is 20.8 Å². The van der Waals surface area contributed by atoms with Crippen molar-refractivity contribution in [1.82, 2.24) is 5.32 Å². The minimum atomic E-state index is -0.592. The fourth-order valence-electron chi connectivity index (χ4n) is 1.77. The van der Waals surface area contributed by atoms with Crippen LogP contribution in [0, 0.1) is 15.9 Å². The van der Waals surface area contributed by atoms with Gasteiger partial charge in [0.25, 0.3) is 5.69 Å². The minimum absolute atomic E-state index is 0.0317. The zero-order chi connectivity index (χ0) is 13.0. The molecular weight excluding hydrogens is 223 g/mol. The summed E-state index contributed by atoms with van der Waals surface area (Å²) in [5.74, 6) is -0.549. The summed E-state index contributed by atoms with van der Waals surface area (Å²) >= 11 is 0. The van der Waals surface area contributed by atoms with E-state index in [1.54, 1.807) is 0 Å². The third-order valence-electron chi connectivity index (χ3n) is 2.96. The second-order valence-corrected chi connectivity index (χ2v) is 4.10. The molecule has 1 rings (SSSR count). The maximum Gasteiger partial charge on any atom is 0.272 e. The summed E-state index contributed by atoms with van der Waals surface area (Å²) in [6, 6.07) is 3.93. The summed E-state index contributed by atoms with van der Waals surface area (Å²) in [5, 5.41) is 13.7. The van der Waals surface area contributed by atoms with Crippen molar-refractivity contribution >= 4 is 5.69 Å². The third-order valence-corrected chi connectivity index (χ3v) is 2.96. The molecule has 0 aromatic heterocycles.